The summed E-state index contributed by atoms with van der Waals surface area (Å²) in [6.07, 6.45) is 3.59. The maximum atomic E-state index is 5.93. The summed E-state index contributed by atoms with van der Waals surface area (Å²) < 4.78 is 1.22. The summed E-state index contributed by atoms with van der Waals surface area (Å²) in [5.74, 6) is 2.17. The molecule has 2 rings (SSSR count). The molecule has 1 aliphatic heterocycles. The lowest BCUT2D eigenvalue weighted by Crippen LogP contribution is -2.44. The van der Waals surface area contributed by atoms with Crippen LogP contribution in [0.25, 0.3) is 0 Å². The molecule has 0 spiro atoms. The van der Waals surface area contributed by atoms with Gasteiger partial charge in [0.1, 0.15) is 0 Å². The van der Waals surface area contributed by atoms with Crippen LogP contribution >= 0.6 is 34.7 Å². The van der Waals surface area contributed by atoms with Crippen LogP contribution in [0.4, 0.5) is 0 Å². The molecular formula is C14H22ClN3S2. The second-order valence-corrected chi connectivity index (χ2v) is 8.69. The van der Waals surface area contributed by atoms with E-state index in [1.807, 2.05) is 13.1 Å². The van der Waals surface area contributed by atoms with E-state index < -0.39 is 0 Å². The Balaban J connectivity index is 1.70. The van der Waals surface area contributed by atoms with Crippen LogP contribution in [0, 0.1) is 0 Å². The normalized spacial score (nSPS) is 23.1. The monoisotopic (exact) mass is 331 g/mol. The Labute approximate surface area is 134 Å². The van der Waals surface area contributed by atoms with Crippen LogP contribution in [0.1, 0.15) is 24.6 Å². The molecule has 112 valence electrons. The molecule has 1 unspecified atom stereocenters. The van der Waals surface area contributed by atoms with Gasteiger partial charge < -0.3 is 10.6 Å². The van der Waals surface area contributed by atoms with E-state index in [1.54, 1.807) is 11.3 Å². The number of aliphatic imine (C=N–C) groups is 1. The van der Waals surface area contributed by atoms with Gasteiger partial charge in [-0.1, -0.05) is 11.6 Å². The highest BCUT2D eigenvalue weighted by Crippen LogP contribution is 2.36. The summed E-state index contributed by atoms with van der Waals surface area (Å²) in [4.78, 5) is 5.58. The summed E-state index contributed by atoms with van der Waals surface area (Å²) >= 11 is 9.63. The highest BCUT2D eigenvalue weighted by Gasteiger charge is 2.29. The summed E-state index contributed by atoms with van der Waals surface area (Å²) in [5, 5.41) is 6.80. The molecule has 6 heteroatoms. The second kappa shape index (κ2) is 7.57. The van der Waals surface area contributed by atoms with Crippen molar-refractivity contribution in [3.8, 4) is 0 Å². The van der Waals surface area contributed by atoms with Gasteiger partial charge in [-0.2, -0.15) is 11.8 Å². The zero-order valence-electron chi connectivity index (χ0n) is 12.0. The fourth-order valence-corrected chi connectivity index (χ4v) is 4.59. The highest BCUT2D eigenvalue weighted by molar-refractivity contribution is 8.00. The van der Waals surface area contributed by atoms with Gasteiger partial charge in [0.2, 0.25) is 0 Å². The predicted octanol–water partition coefficient (Wildman–Crippen LogP) is 3.39. The number of guanidine groups is 1. The molecule has 1 aromatic heterocycles. The number of hydrogen-bond acceptors (Lipinski definition) is 3. The molecule has 20 heavy (non-hydrogen) atoms. The van der Waals surface area contributed by atoms with E-state index in [0.717, 1.165) is 29.8 Å². The molecule has 0 aromatic carbocycles. The standard InChI is InChI=1S/C14H22ClN3S2/c1-14(7-3-9-19-14)10-18-13(16-2)17-8-6-11-4-5-12(15)20-11/h4-5H,3,6-10H2,1-2H3,(H2,16,17,18). The van der Waals surface area contributed by atoms with E-state index in [2.05, 4.69) is 40.4 Å². The predicted molar refractivity (Wildman–Crippen MR) is 92.5 cm³/mol. The van der Waals surface area contributed by atoms with Gasteiger partial charge in [-0.3, -0.25) is 4.99 Å². The van der Waals surface area contributed by atoms with Gasteiger partial charge in [-0.25, -0.2) is 0 Å². The second-order valence-electron chi connectivity index (χ2n) is 5.21. The lowest BCUT2D eigenvalue weighted by atomic mass is 10.1. The minimum atomic E-state index is 0.360. The lowest BCUT2D eigenvalue weighted by Gasteiger charge is -2.24. The SMILES string of the molecule is CN=C(NCCc1ccc(Cl)s1)NCC1(C)CCCS1. The smallest absolute Gasteiger partial charge is 0.191 e. The fourth-order valence-electron chi connectivity index (χ4n) is 2.26. The quantitative estimate of drug-likeness (QED) is 0.641. The third-order valence-electron chi connectivity index (χ3n) is 3.45. The van der Waals surface area contributed by atoms with Gasteiger partial charge in [0.05, 0.1) is 4.34 Å². The van der Waals surface area contributed by atoms with Crippen molar-refractivity contribution in [3.05, 3.63) is 21.3 Å². The molecule has 1 fully saturated rings. The van der Waals surface area contributed by atoms with Gasteiger partial charge in [0.25, 0.3) is 0 Å². The van der Waals surface area contributed by atoms with Crippen molar-refractivity contribution in [2.24, 2.45) is 4.99 Å². The van der Waals surface area contributed by atoms with E-state index in [-0.39, 0.29) is 0 Å². The van der Waals surface area contributed by atoms with E-state index in [1.165, 1.54) is 23.5 Å². The molecule has 3 nitrogen and oxygen atoms in total. The van der Waals surface area contributed by atoms with Crippen molar-refractivity contribution < 1.29 is 0 Å². The number of hydrogen-bond donors (Lipinski definition) is 2. The van der Waals surface area contributed by atoms with E-state index in [4.69, 9.17) is 11.6 Å². The Morgan fingerprint density at radius 2 is 2.30 bits per heavy atom. The number of nitrogens with zero attached hydrogens (tertiary/aromatic N) is 1. The Morgan fingerprint density at radius 1 is 1.45 bits per heavy atom. The Bertz CT molecular complexity index is 453. The highest BCUT2D eigenvalue weighted by atomic mass is 35.5. The van der Waals surface area contributed by atoms with Crippen molar-refractivity contribution >= 4 is 40.7 Å². The van der Waals surface area contributed by atoms with Crippen LogP contribution in [-0.4, -0.2) is 36.6 Å². The number of nitrogens with one attached hydrogen (secondary N) is 2. The number of halogens is 1. The molecule has 0 radical (unpaired) electrons. The lowest BCUT2D eigenvalue weighted by molar-refractivity contribution is 0.585. The van der Waals surface area contributed by atoms with Crippen molar-refractivity contribution in [2.45, 2.75) is 30.9 Å². The van der Waals surface area contributed by atoms with E-state index in [0.29, 0.717) is 4.75 Å². The molecular weight excluding hydrogens is 310 g/mol. The van der Waals surface area contributed by atoms with Crippen LogP contribution in [0.2, 0.25) is 4.34 Å². The average molecular weight is 332 g/mol. The fraction of sp³-hybridized carbons (Fsp3) is 0.643. The largest absolute Gasteiger partial charge is 0.356 e. The summed E-state index contributed by atoms with van der Waals surface area (Å²) in [7, 11) is 1.82. The summed E-state index contributed by atoms with van der Waals surface area (Å²) in [6, 6.07) is 4.04. The maximum Gasteiger partial charge on any atom is 0.191 e. The molecule has 1 atom stereocenters. The van der Waals surface area contributed by atoms with Crippen molar-refractivity contribution in [1.82, 2.24) is 10.6 Å². The summed E-state index contributed by atoms with van der Waals surface area (Å²) in [5.41, 5.74) is 0. The van der Waals surface area contributed by atoms with Gasteiger partial charge in [0.15, 0.2) is 5.96 Å². The van der Waals surface area contributed by atoms with Gasteiger partial charge in [-0.05, 0) is 44.1 Å². The van der Waals surface area contributed by atoms with Gasteiger partial charge >= 0.3 is 0 Å². The molecule has 2 N–H and O–H groups in total. The Hall–Kier alpha value is -0.390. The van der Waals surface area contributed by atoms with E-state index >= 15 is 0 Å². The van der Waals surface area contributed by atoms with Crippen molar-refractivity contribution in [1.29, 1.82) is 0 Å². The van der Waals surface area contributed by atoms with Gasteiger partial charge in [0, 0.05) is 29.8 Å². The molecule has 1 saturated heterocycles. The zero-order valence-corrected chi connectivity index (χ0v) is 14.4. The maximum absolute atomic E-state index is 5.93. The van der Waals surface area contributed by atoms with Crippen molar-refractivity contribution in [2.75, 3.05) is 25.9 Å². The average Bonchev–Trinajstić information content (AvgIpc) is 3.03. The first kappa shape index (κ1) is 16.0. The van der Waals surface area contributed by atoms with E-state index in [9.17, 15) is 0 Å². The molecule has 0 amide bonds. The van der Waals surface area contributed by atoms with Crippen LogP contribution in [0.15, 0.2) is 17.1 Å². The molecule has 0 bridgehead atoms. The minimum Gasteiger partial charge on any atom is -0.356 e. The van der Waals surface area contributed by atoms with Crippen LogP contribution in [0.3, 0.4) is 0 Å². The minimum absolute atomic E-state index is 0.360. The number of rotatable bonds is 5. The third-order valence-corrected chi connectivity index (χ3v) is 6.28. The molecule has 0 saturated carbocycles. The van der Waals surface area contributed by atoms with Crippen LogP contribution in [0.5, 0.6) is 0 Å². The molecule has 1 aliphatic rings. The number of thioether (sulfide) groups is 1. The Kier molecular flexibility index (Phi) is 6.05. The zero-order chi connectivity index (χ0) is 14.4. The first-order valence-corrected chi connectivity index (χ1v) is 9.12. The molecule has 0 aliphatic carbocycles. The number of thiophene rings is 1. The first-order chi connectivity index (χ1) is 9.61. The van der Waals surface area contributed by atoms with Crippen LogP contribution in [-0.2, 0) is 6.42 Å². The summed E-state index contributed by atoms with van der Waals surface area (Å²) in [6.45, 7) is 4.18. The third kappa shape index (κ3) is 4.86. The topological polar surface area (TPSA) is 36.4 Å². The molecule has 1 aromatic rings. The first-order valence-electron chi connectivity index (χ1n) is 6.94. The van der Waals surface area contributed by atoms with Crippen molar-refractivity contribution in [3.63, 3.8) is 0 Å². The van der Waals surface area contributed by atoms with Crippen LogP contribution < -0.4 is 10.6 Å². The van der Waals surface area contributed by atoms with Gasteiger partial charge in [-0.15, -0.1) is 11.3 Å². The Morgan fingerprint density at radius 3 is 2.90 bits per heavy atom. The molecule has 2 heterocycles.